The van der Waals surface area contributed by atoms with Crippen molar-refractivity contribution in [3.05, 3.63) is 0 Å². The Morgan fingerprint density at radius 3 is 1.96 bits per heavy atom. The molecule has 0 aliphatic carbocycles. The van der Waals surface area contributed by atoms with Crippen molar-refractivity contribution in [2.45, 2.75) is 137 Å². The molecule has 13 nitrogen and oxygen atoms in total. The molecule has 0 saturated carbocycles. The number of methoxy groups -OCH3 is 2. The standard InChI is InChI=1S/C35H65N5O8/c1-15-22(6)29(25(46-13)19-26(41)40-18-16-17-24(40)30(47-14)23(7)31(36)42)38(11)33(44)27(20(2)3)37-32(43)28(21(4)5)39(12)34(45)48-35(8,9)10/h20-25,27-30H,15-19H2,1-14H3,(H2,36,42)(H,37,43). The first-order valence-corrected chi connectivity index (χ1v) is 17.3. The maximum absolute atomic E-state index is 14.2. The lowest BCUT2D eigenvalue weighted by Gasteiger charge is -2.41. The summed E-state index contributed by atoms with van der Waals surface area (Å²) in [5.74, 6) is -2.62. The molecule has 0 spiro atoms. The van der Waals surface area contributed by atoms with Gasteiger partial charge in [-0.1, -0.05) is 54.9 Å². The van der Waals surface area contributed by atoms with Gasteiger partial charge >= 0.3 is 6.09 Å². The number of nitrogens with one attached hydrogen (secondary N) is 1. The van der Waals surface area contributed by atoms with E-state index in [9.17, 15) is 24.0 Å². The highest BCUT2D eigenvalue weighted by Gasteiger charge is 2.43. The number of carbonyl (C=O) groups excluding carboxylic acids is 5. The number of hydrogen-bond acceptors (Lipinski definition) is 8. The summed E-state index contributed by atoms with van der Waals surface area (Å²) in [5.41, 5.74) is 4.84. The van der Waals surface area contributed by atoms with Crippen LogP contribution in [0.5, 0.6) is 0 Å². The van der Waals surface area contributed by atoms with E-state index < -0.39 is 59.8 Å². The average molecular weight is 684 g/mol. The topological polar surface area (TPSA) is 161 Å². The van der Waals surface area contributed by atoms with Gasteiger partial charge in [0.15, 0.2) is 0 Å². The molecule has 3 N–H and O–H groups in total. The molecule has 13 heteroatoms. The van der Waals surface area contributed by atoms with E-state index in [1.165, 1.54) is 26.2 Å². The number of nitrogens with zero attached hydrogens (tertiary/aromatic N) is 3. The van der Waals surface area contributed by atoms with Crippen molar-refractivity contribution < 1.29 is 38.2 Å². The molecule has 1 aliphatic heterocycles. The Labute approximate surface area is 288 Å². The predicted octanol–water partition coefficient (Wildman–Crippen LogP) is 3.42. The number of primary amides is 1. The molecular weight excluding hydrogens is 618 g/mol. The molecule has 0 radical (unpaired) electrons. The molecule has 8 atom stereocenters. The molecular formula is C35H65N5O8. The van der Waals surface area contributed by atoms with Gasteiger partial charge in [-0.2, -0.15) is 0 Å². The summed E-state index contributed by atoms with van der Waals surface area (Å²) in [6, 6.07) is -2.59. The van der Waals surface area contributed by atoms with Crippen LogP contribution in [0.4, 0.5) is 4.79 Å². The molecule has 278 valence electrons. The Kier molecular flexibility index (Phi) is 16.8. The van der Waals surface area contributed by atoms with Gasteiger partial charge in [-0.25, -0.2) is 4.79 Å². The zero-order valence-corrected chi connectivity index (χ0v) is 32.0. The monoisotopic (exact) mass is 683 g/mol. The number of rotatable bonds is 17. The van der Waals surface area contributed by atoms with Gasteiger partial charge in [0.25, 0.3) is 0 Å². The molecule has 5 amide bonds. The van der Waals surface area contributed by atoms with Crippen molar-refractivity contribution in [1.82, 2.24) is 20.0 Å². The maximum Gasteiger partial charge on any atom is 0.410 e. The molecule has 1 heterocycles. The molecule has 1 saturated heterocycles. The van der Waals surface area contributed by atoms with Crippen molar-refractivity contribution in [2.75, 3.05) is 34.9 Å². The van der Waals surface area contributed by atoms with Crippen LogP contribution in [0.2, 0.25) is 0 Å². The highest BCUT2D eigenvalue weighted by Crippen LogP contribution is 2.29. The van der Waals surface area contributed by atoms with Gasteiger partial charge in [0.1, 0.15) is 17.7 Å². The second-order valence-electron chi connectivity index (χ2n) is 15.0. The molecule has 1 aliphatic rings. The number of carbonyl (C=O) groups is 5. The van der Waals surface area contributed by atoms with Crippen LogP contribution in [0.3, 0.4) is 0 Å². The quantitative estimate of drug-likeness (QED) is 0.236. The van der Waals surface area contributed by atoms with Crippen molar-refractivity contribution in [1.29, 1.82) is 0 Å². The lowest BCUT2D eigenvalue weighted by Crippen LogP contribution is -2.60. The SMILES string of the molecule is CCC(C)C(C(CC(=O)N1CCCC1C(OC)C(C)C(N)=O)OC)N(C)C(=O)C(NC(=O)C(C(C)C)N(C)C(=O)OC(C)(C)C)C(C)C. The normalized spacial score (nSPS) is 19.6. The fourth-order valence-electron chi connectivity index (χ4n) is 6.66. The lowest BCUT2D eigenvalue weighted by molar-refractivity contribution is -0.147. The first-order chi connectivity index (χ1) is 22.1. The Balaban J connectivity index is 3.32. The van der Waals surface area contributed by atoms with Crippen LogP contribution >= 0.6 is 0 Å². The largest absolute Gasteiger partial charge is 0.444 e. The van der Waals surface area contributed by atoms with Crippen molar-refractivity contribution in [3.63, 3.8) is 0 Å². The summed E-state index contributed by atoms with van der Waals surface area (Å²) in [7, 11) is 6.25. The van der Waals surface area contributed by atoms with Gasteiger partial charge in [0.2, 0.25) is 23.6 Å². The van der Waals surface area contributed by atoms with E-state index in [0.29, 0.717) is 19.4 Å². The van der Waals surface area contributed by atoms with Crippen molar-refractivity contribution in [3.8, 4) is 0 Å². The third kappa shape index (κ3) is 11.3. The number of nitrogens with two attached hydrogens (primary N) is 1. The number of hydrogen-bond donors (Lipinski definition) is 2. The Bertz CT molecular complexity index is 1090. The number of ether oxygens (including phenoxy) is 3. The highest BCUT2D eigenvalue weighted by molar-refractivity contribution is 5.91. The minimum atomic E-state index is -0.906. The van der Waals surface area contributed by atoms with Crippen LogP contribution in [0, 0.1) is 23.7 Å². The van der Waals surface area contributed by atoms with E-state index in [0.717, 1.165) is 6.42 Å². The second kappa shape index (κ2) is 18.7. The van der Waals surface area contributed by atoms with Crippen LogP contribution in [0.25, 0.3) is 0 Å². The van der Waals surface area contributed by atoms with Gasteiger partial charge in [0.05, 0.1) is 36.6 Å². The Morgan fingerprint density at radius 1 is 0.938 bits per heavy atom. The van der Waals surface area contributed by atoms with E-state index in [1.807, 2.05) is 41.5 Å². The molecule has 0 aromatic rings. The van der Waals surface area contributed by atoms with E-state index >= 15 is 0 Å². The fourth-order valence-corrected chi connectivity index (χ4v) is 6.66. The van der Waals surface area contributed by atoms with Crippen LogP contribution in [0.15, 0.2) is 0 Å². The smallest absolute Gasteiger partial charge is 0.410 e. The first kappa shape index (κ1) is 43.1. The van der Waals surface area contributed by atoms with Gasteiger partial charge in [-0.3, -0.25) is 24.1 Å². The highest BCUT2D eigenvalue weighted by atomic mass is 16.6. The van der Waals surface area contributed by atoms with Gasteiger partial charge in [-0.05, 0) is 51.4 Å². The van der Waals surface area contributed by atoms with Crippen molar-refractivity contribution in [2.24, 2.45) is 29.4 Å². The minimum Gasteiger partial charge on any atom is -0.444 e. The third-order valence-corrected chi connectivity index (χ3v) is 9.52. The summed E-state index contributed by atoms with van der Waals surface area (Å²) in [4.78, 5) is 71.3. The van der Waals surface area contributed by atoms with Crippen LogP contribution in [0.1, 0.15) is 94.9 Å². The minimum absolute atomic E-state index is 0.00975. The predicted molar refractivity (Wildman–Crippen MR) is 185 cm³/mol. The van der Waals surface area contributed by atoms with E-state index in [2.05, 4.69) is 5.32 Å². The zero-order chi connectivity index (χ0) is 37.3. The van der Waals surface area contributed by atoms with E-state index in [-0.39, 0.29) is 42.0 Å². The summed E-state index contributed by atoms with van der Waals surface area (Å²) in [6.07, 6.45) is 0.346. The third-order valence-electron chi connectivity index (χ3n) is 9.52. The number of amides is 5. The Hall–Kier alpha value is -2.93. The van der Waals surface area contributed by atoms with E-state index in [4.69, 9.17) is 19.9 Å². The average Bonchev–Trinajstić information content (AvgIpc) is 3.47. The Morgan fingerprint density at radius 2 is 1.52 bits per heavy atom. The summed E-state index contributed by atoms with van der Waals surface area (Å²) < 4.78 is 17.1. The molecule has 48 heavy (non-hydrogen) atoms. The van der Waals surface area contributed by atoms with Crippen LogP contribution in [-0.2, 0) is 33.4 Å². The van der Waals surface area contributed by atoms with Gasteiger partial charge < -0.3 is 35.1 Å². The molecule has 0 aromatic carbocycles. The maximum atomic E-state index is 14.2. The summed E-state index contributed by atoms with van der Waals surface area (Å²) in [5, 5.41) is 2.93. The fraction of sp³-hybridized carbons (Fsp3) is 0.857. The lowest BCUT2D eigenvalue weighted by atomic mass is 9.89. The zero-order valence-electron chi connectivity index (χ0n) is 32.0. The number of likely N-dealkylation sites (N-methyl/N-ethyl adjacent to an activating group) is 2. The number of likely N-dealkylation sites (tertiary alicyclic amines) is 1. The second-order valence-corrected chi connectivity index (χ2v) is 15.0. The molecule has 1 rings (SSSR count). The van der Waals surface area contributed by atoms with Crippen LogP contribution < -0.4 is 11.1 Å². The van der Waals surface area contributed by atoms with Crippen LogP contribution in [-0.4, -0.2) is 121 Å². The molecule has 0 aromatic heterocycles. The van der Waals surface area contributed by atoms with Gasteiger partial charge in [0, 0.05) is 34.9 Å². The molecule has 0 bridgehead atoms. The van der Waals surface area contributed by atoms with Gasteiger partial charge in [-0.15, -0.1) is 0 Å². The summed E-state index contributed by atoms with van der Waals surface area (Å²) >= 11 is 0. The molecule has 1 fully saturated rings. The first-order valence-electron chi connectivity index (χ1n) is 17.3. The molecule has 8 unspecified atom stereocenters. The van der Waals surface area contributed by atoms with E-state index in [1.54, 1.807) is 44.5 Å². The van der Waals surface area contributed by atoms with Crippen molar-refractivity contribution >= 4 is 29.7 Å². The summed E-state index contributed by atoms with van der Waals surface area (Å²) in [6.45, 7) is 18.9.